The maximum Gasteiger partial charge on any atom is 0.264 e. The molecule has 5 aromatic rings. The molecule has 0 saturated heterocycles. The van der Waals surface area contributed by atoms with Gasteiger partial charge in [0, 0.05) is 25.0 Å². The van der Waals surface area contributed by atoms with E-state index < -0.39 is 10.0 Å². The van der Waals surface area contributed by atoms with Gasteiger partial charge in [-0.05, 0) is 72.1 Å². The highest BCUT2D eigenvalue weighted by molar-refractivity contribution is 7.92. The Bertz CT molecular complexity index is 1670. The highest BCUT2D eigenvalue weighted by atomic mass is 32.2. The smallest absolute Gasteiger partial charge is 0.264 e. The van der Waals surface area contributed by atoms with E-state index in [1.54, 1.807) is 53.7 Å². The van der Waals surface area contributed by atoms with Gasteiger partial charge in [0.2, 0.25) is 0 Å². The zero-order valence-corrected chi connectivity index (χ0v) is 22.6. The lowest BCUT2D eigenvalue weighted by molar-refractivity contribution is 0.0985. The molecule has 9 heteroatoms. The molecule has 0 radical (unpaired) electrons. The van der Waals surface area contributed by atoms with E-state index in [0.717, 1.165) is 22.2 Å². The van der Waals surface area contributed by atoms with Gasteiger partial charge in [-0.15, -0.1) is 0 Å². The summed E-state index contributed by atoms with van der Waals surface area (Å²) in [5, 5.41) is 0.572. The summed E-state index contributed by atoms with van der Waals surface area (Å²) in [4.78, 5) is 24.4. The molecule has 0 bridgehead atoms. The second-order valence-corrected chi connectivity index (χ2v) is 11.7. The summed E-state index contributed by atoms with van der Waals surface area (Å²) in [5.74, 6) is -0.274. The van der Waals surface area contributed by atoms with Crippen molar-refractivity contribution in [1.29, 1.82) is 0 Å². The van der Waals surface area contributed by atoms with E-state index in [1.165, 1.54) is 40.4 Å². The molecule has 3 aromatic carbocycles. The first kappa shape index (κ1) is 25.6. The lowest BCUT2D eigenvalue weighted by atomic mass is 10.2. The van der Waals surface area contributed by atoms with Gasteiger partial charge in [-0.2, -0.15) is 0 Å². The van der Waals surface area contributed by atoms with Crippen molar-refractivity contribution >= 4 is 48.3 Å². The number of rotatable bonds is 8. The van der Waals surface area contributed by atoms with Gasteiger partial charge in [-0.3, -0.25) is 19.0 Å². The Morgan fingerprint density at radius 2 is 1.68 bits per heavy atom. The van der Waals surface area contributed by atoms with Crippen molar-refractivity contribution in [3.8, 4) is 0 Å². The van der Waals surface area contributed by atoms with Crippen LogP contribution in [0.4, 0.5) is 10.8 Å². The van der Waals surface area contributed by atoms with Crippen LogP contribution in [0.25, 0.3) is 10.2 Å². The fraction of sp³-hybridized carbons (Fsp3) is 0.138. The fourth-order valence-electron chi connectivity index (χ4n) is 4.05. The van der Waals surface area contributed by atoms with Gasteiger partial charge in [0.1, 0.15) is 0 Å². The molecule has 0 atom stereocenters. The molecular formula is C29H26N4O3S2. The molecule has 0 aliphatic heterocycles. The number of thiazole rings is 1. The number of anilines is 2. The summed E-state index contributed by atoms with van der Waals surface area (Å²) in [6, 6.07) is 24.7. The Morgan fingerprint density at radius 1 is 0.921 bits per heavy atom. The molecule has 0 fully saturated rings. The van der Waals surface area contributed by atoms with Gasteiger partial charge in [-0.25, -0.2) is 13.4 Å². The topological polar surface area (TPSA) is 83.5 Å². The average Bonchev–Trinajstić information content (AvgIpc) is 3.39. The molecule has 0 saturated carbocycles. The number of aromatic nitrogens is 2. The third-order valence-corrected chi connectivity index (χ3v) is 9.11. The maximum absolute atomic E-state index is 13.8. The van der Waals surface area contributed by atoms with Gasteiger partial charge in [-0.1, -0.05) is 48.6 Å². The molecule has 0 aliphatic carbocycles. The Kier molecular flexibility index (Phi) is 7.22. The quantitative estimate of drug-likeness (QED) is 0.243. The number of aryl methyl sites for hydroxylation is 1. The van der Waals surface area contributed by atoms with E-state index >= 15 is 0 Å². The summed E-state index contributed by atoms with van der Waals surface area (Å²) in [6.07, 6.45) is 4.32. The lowest BCUT2D eigenvalue weighted by Crippen LogP contribution is -2.30. The molecule has 0 N–H and O–H groups in total. The summed E-state index contributed by atoms with van der Waals surface area (Å²) in [7, 11) is -2.28. The molecule has 1 amide bonds. The van der Waals surface area contributed by atoms with Crippen molar-refractivity contribution in [3.05, 3.63) is 114 Å². The molecule has 7 nitrogen and oxygen atoms in total. The summed E-state index contributed by atoms with van der Waals surface area (Å²) >= 11 is 1.46. The van der Waals surface area contributed by atoms with Crippen LogP contribution in [-0.2, 0) is 23.0 Å². The van der Waals surface area contributed by atoms with Gasteiger partial charge in [0.05, 0.1) is 27.3 Å². The number of pyridine rings is 1. The average molecular weight is 543 g/mol. The molecule has 192 valence electrons. The van der Waals surface area contributed by atoms with Crippen LogP contribution in [0.15, 0.2) is 102 Å². The highest BCUT2D eigenvalue weighted by Gasteiger charge is 2.25. The minimum absolute atomic E-state index is 0.103. The molecule has 5 rings (SSSR count). The second kappa shape index (κ2) is 10.7. The lowest BCUT2D eigenvalue weighted by Gasteiger charge is -2.21. The van der Waals surface area contributed by atoms with Crippen LogP contribution >= 0.6 is 11.3 Å². The zero-order valence-electron chi connectivity index (χ0n) is 21.0. The highest BCUT2D eigenvalue weighted by Crippen LogP contribution is 2.32. The predicted molar refractivity (Wildman–Crippen MR) is 152 cm³/mol. The summed E-state index contributed by atoms with van der Waals surface area (Å²) < 4.78 is 28.6. The second-order valence-electron chi connectivity index (χ2n) is 8.74. The monoisotopic (exact) mass is 542 g/mol. The van der Waals surface area contributed by atoms with E-state index in [2.05, 4.69) is 18.0 Å². The van der Waals surface area contributed by atoms with Gasteiger partial charge in [0.25, 0.3) is 15.9 Å². The van der Waals surface area contributed by atoms with Crippen LogP contribution in [0, 0.1) is 0 Å². The molecule has 2 heterocycles. The van der Waals surface area contributed by atoms with E-state index in [-0.39, 0.29) is 17.3 Å². The van der Waals surface area contributed by atoms with E-state index in [1.807, 2.05) is 30.3 Å². The fourth-order valence-corrected chi connectivity index (χ4v) is 6.28. The van der Waals surface area contributed by atoms with E-state index in [4.69, 9.17) is 4.98 Å². The first-order valence-electron chi connectivity index (χ1n) is 12.1. The molecule has 0 aliphatic rings. The van der Waals surface area contributed by atoms with Crippen molar-refractivity contribution in [2.75, 3.05) is 16.3 Å². The van der Waals surface area contributed by atoms with Crippen LogP contribution in [0.1, 0.15) is 28.4 Å². The van der Waals surface area contributed by atoms with E-state index in [9.17, 15) is 13.2 Å². The van der Waals surface area contributed by atoms with Gasteiger partial charge in [0.15, 0.2) is 5.13 Å². The number of sulfonamides is 1. The number of nitrogens with zero attached hydrogens (tertiary/aromatic N) is 4. The van der Waals surface area contributed by atoms with Crippen LogP contribution in [0.2, 0.25) is 0 Å². The third kappa shape index (κ3) is 5.16. The maximum atomic E-state index is 13.8. The number of fused-ring (bicyclic) bond motifs is 1. The van der Waals surface area contributed by atoms with Crippen LogP contribution in [-0.4, -0.2) is 31.3 Å². The molecule has 0 unspecified atom stereocenters. The number of amides is 1. The third-order valence-electron chi connectivity index (χ3n) is 6.27. The van der Waals surface area contributed by atoms with Crippen molar-refractivity contribution < 1.29 is 13.2 Å². The van der Waals surface area contributed by atoms with Crippen LogP contribution in [0.5, 0.6) is 0 Å². The van der Waals surface area contributed by atoms with Crippen molar-refractivity contribution in [3.63, 3.8) is 0 Å². The van der Waals surface area contributed by atoms with Gasteiger partial charge < -0.3 is 0 Å². The first-order valence-corrected chi connectivity index (χ1v) is 14.4. The zero-order chi connectivity index (χ0) is 26.7. The molecule has 38 heavy (non-hydrogen) atoms. The minimum Gasteiger partial charge on any atom is -0.279 e. The number of hydrogen-bond donors (Lipinski definition) is 0. The Balaban J connectivity index is 1.47. The molecule has 0 spiro atoms. The SMILES string of the molecule is CCc1ccc2nc(N(Cc3cccnc3)C(=O)c3ccc(S(=O)(=O)N(C)c4ccccc4)cc3)sc2c1. The number of carbonyl (C=O) groups excluding carboxylic acids is 1. The Hall–Kier alpha value is -4.08. The largest absolute Gasteiger partial charge is 0.279 e. The molecular weight excluding hydrogens is 516 g/mol. The number of hydrogen-bond acceptors (Lipinski definition) is 6. The molecule has 2 aromatic heterocycles. The van der Waals surface area contributed by atoms with Gasteiger partial charge >= 0.3 is 0 Å². The standard InChI is InChI=1S/C29H26N4O3S2/c1-3-21-11-16-26-27(18-21)37-29(31-26)33(20-22-8-7-17-30-19-22)28(34)23-12-14-25(15-13-23)38(35,36)32(2)24-9-5-4-6-10-24/h4-19H,3,20H2,1-2H3. The normalized spacial score (nSPS) is 11.4. The van der Waals surface area contributed by atoms with Crippen LogP contribution < -0.4 is 9.21 Å². The summed E-state index contributed by atoms with van der Waals surface area (Å²) in [5.41, 5.74) is 3.81. The van der Waals surface area contributed by atoms with Crippen molar-refractivity contribution in [2.24, 2.45) is 0 Å². The summed E-state index contributed by atoms with van der Waals surface area (Å²) in [6.45, 7) is 2.38. The first-order chi connectivity index (χ1) is 18.4. The predicted octanol–water partition coefficient (Wildman–Crippen LogP) is 5.93. The number of carbonyl (C=O) groups is 1. The van der Waals surface area contributed by atoms with Crippen molar-refractivity contribution in [2.45, 2.75) is 24.8 Å². The number of benzene rings is 3. The number of para-hydroxylation sites is 1. The minimum atomic E-state index is -3.79. The van der Waals surface area contributed by atoms with Crippen molar-refractivity contribution in [1.82, 2.24) is 9.97 Å². The van der Waals surface area contributed by atoms with E-state index in [0.29, 0.717) is 16.4 Å². The Labute approximate surface area is 226 Å². The Morgan fingerprint density at radius 3 is 2.37 bits per heavy atom. The van der Waals surface area contributed by atoms with Crippen LogP contribution in [0.3, 0.4) is 0 Å².